The lowest BCUT2D eigenvalue weighted by atomic mass is 10.0. The number of nitrogens with one attached hydrogen (secondary N) is 1. The fraction of sp³-hybridized carbons (Fsp3) is 0.440. The average molecular weight is 558 g/mol. The topological polar surface area (TPSA) is 58.6 Å². The van der Waals surface area contributed by atoms with Crippen molar-refractivity contribution in [3.63, 3.8) is 0 Å². The van der Waals surface area contributed by atoms with Gasteiger partial charge in [0, 0.05) is 13.1 Å². The molecule has 0 aromatic heterocycles. The van der Waals surface area contributed by atoms with Gasteiger partial charge < -0.3 is 15.0 Å². The third kappa shape index (κ3) is 8.20. The number of carbonyl (C=O) groups is 2. The number of hydrogen-bond acceptors (Lipinski definition) is 3. The van der Waals surface area contributed by atoms with Crippen molar-refractivity contribution >= 4 is 50.9 Å². The van der Waals surface area contributed by atoms with E-state index in [4.69, 9.17) is 27.9 Å². The number of amides is 2. The Kier molecular flexibility index (Phi) is 10.5. The van der Waals surface area contributed by atoms with Gasteiger partial charge in [-0.15, -0.1) is 0 Å². The van der Waals surface area contributed by atoms with Gasteiger partial charge in [0.2, 0.25) is 5.91 Å². The predicted molar refractivity (Wildman–Crippen MR) is 138 cm³/mol. The molecule has 0 radical (unpaired) electrons. The van der Waals surface area contributed by atoms with Crippen LogP contribution >= 0.6 is 39.1 Å². The summed E-state index contributed by atoms with van der Waals surface area (Å²) >= 11 is 15.7. The summed E-state index contributed by atoms with van der Waals surface area (Å²) in [5.74, 6) is 0.713. The molecular weight excluding hydrogens is 527 g/mol. The number of benzene rings is 2. The van der Waals surface area contributed by atoms with Gasteiger partial charge in [-0.25, -0.2) is 0 Å². The minimum Gasteiger partial charge on any atom is -0.483 e. The minimum atomic E-state index is -0.693. The van der Waals surface area contributed by atoms with Crippen LogP contribution in [-0.4, -0.2) is 35.9 Å². The third-order valence-electron chi connectivity index (χ3n) is 5.16. The van der Waals surface area contributed by atoms with Crippen molar-refractivity contribution in [1.82, 2.24) is 10.2 Å². The van der Waals surface area contributed by atoms with Gasteiger partial charge in [0.1, 0.15) is 11.8 Å². The zero-order valence-electron chi connectivity index (χ0n) is 19.6. The molecule has 0 aliphatic rings. The first-order chi connectivity index (χ1) is 15.5. The second kappa shape index (κ2) is 12.6. The van der Waals surface area contributed by atoms with Crippen LogP contribution in [0.15, 0.2) is 40.9 Å². The predicted octanol–water partition coefficient (Wildman–Crippen LogP) is 6.45. The molecule has 2 aromatic rings. The lowest BCUT2D eigenvalue weighted by Gasteiger charge is -2.29. The summed E-state index contributed by atoms with van der Waals surface area (Å²) in [6.45, 7) is 10.5. The highest BCUT2D eigenvalue weighted by molar-refractivity contribution is 9.10. The van der Waals surface area contributed by atoms with Crippen LogP contribution in [-0.2, 0) is 16.1 Å². The van der Waals surface area contributed by atoms with Gasteiger partial charge in [0.05, 0.1) is 14.5 Å². The molecule has 0 spiro atoms. The molecule has 0 unspecified atom stereocenters. The van der Waals surface area contributed by atoms with E-state index in [9.17, 15) is 9.59 Å². The second-order valence-electron chi connectivity index (χ2n) is 8.72. The summed E-state index contributed by atoms with van der Waals surface area (Å²) < 4.78 is 6.58. The molecule has 1 atom stereocenters. The van der Waals surface area contributed by atoms with Gasteiger partial charge in [-0.3, -0.25) is 9.59 Å². The minimum absolute atomic E-state index is 0.197. The lowest BCUT2D eigenvalue weighted by Crippen LogP contribution is -2.49. The average Bonchev–Trinajstić information content (AvgIpc) is 2.76. The summed E-state index contributed by atoms with van der Waals surface area (Å²) in [7, 11) is 0. The van der Waals surface area contributed by atoms with Crippen molar-refractivity contribution in [3.8, 4) is 5.75 Å². The first-order valence-electron chi connectivity index (χ1n) is 10.9. The number of hydrogen-bond donors (Lipinski definition) is 1. The summed E-state index contributed by atoms with van der Waals surface area (Å²) in [5, 5.41) is 3.72. The molecule has 0 bridgehead atoms. The van der Waals surface area contributed by atoms with E-state index in [0.717, 1.165) is 15.6 Å². The number of carbonyl (C=O) groups excluding carboxylic acids is 2. The largest absolute Gasteiger partial charge is 0.483 e. The van der Waals surface area contributed by atoms with E-state index in [-0.39, 0.29) is 25.0 Å². The Balaban J connectivity index is 2.19. The van der Waals surface area contributed by atoms with E-state index in [1.807, 2.05) is 32.0 Å². The number of ether oxygens (including phenoxy) is 1. The van der Waals surface area contributed by atoms with Gasteiger partial charge in [0.25, 0.3) is 5.91 Å². The number of nitrogens with zero attached hydrogens (tertiary/aromatic N) is 1. The Morgan fingerprint density at radius 2 is 1.73 bits per heavy atom. The molecule has 5 nitrogen and oxygen atoms in total. The van der Waals surface area contributed by atoms with Crippen molar-refractivity contribution in [2.75, 3.05) is 13.2 Å². The highest BCUT2D eigenvalue weighted by Crippen LogP contribution is 2.29. The fourth-order valence-electron chi connectivity index (χ4n) is 3.09. The Morgan fingerprint density at radius 1 is 1.03 bits per heavy atom. The Morgan fingerprint density at radius 3 is 2.30 bits per heavy atom. The van der Waals surface area contributed by atoms with Crippen LogP contribution in [0, 0.1) is 5.92 Å². The molecule has 0 aliphatic carbocycles. The molecule has 0 saturated heterocycles. The van der Waals surface area contributed by atoms with Gasteiger partial charge in [-0.1, -0.05) is 63.0 Å². The van der Waals surface area contributed by atoms with Crippen LogP contribution < -0.4 is 10.1 Å². The highest BCUT2D eigenvalue weighted by Gasteiger charge is 2.27. The van der Waals surface area contributed by atoms with Crippen molar-refractivity contribution in [2.24, 2.45) is 5.92 Å². The number of halogens is 3. The van der Waals surface area contributed by atoms with Crippen LogP contribution in [0.4, 0.5) is 0 Å². The molecule has 0 aliphatic heterocycles. The third-order valence-corrected chi connectivity index (χ3v) is 6.52. The molecular formula is C25H31BrCl2N2O3. The molecule has 8 heteroatoms. The van der Waals surface area contributed by atoms with Crippen LogP contribution in [0.1, 0.15) is 51.7 Å². The maximum Gasteiger partial charge on any atom is 0.261 e. The molecule has 2 amide bonds. The molecule has 0 heterocycles. The summed E-state index contributed by atoms with van der Waals surface area (Å²) in [4.78, 5) is 27.4. The van der Waals surface area contributed by atoms with Crippen molar-refractivity contribution in [3.05, 3.63) is 62.0 Å². The van der Waals surface area contributed by atoms with E-state index in [1.165, 1.54) is 4.90 Å². The SMILES string of the molecule is CC(C)CNC(=O)[C@@H](C)N(Cc1ccc(Cl)c(Cl)c1)C(=O)COc1ccc(C(C)C)cc1Br. The Hall–Kier alpha value is -1.76. The smallest absolute Gasteiger partial charge is 0.261 e. The quantitative estimate of drug-likeness (QED) is 0.365. The van der Waals surface area contributed by atoms with Crippen molar-refractivity contribution in [2.45, 2.75) is 53.1 Å². The molecule has 33 heavy (non-hydrogen) atoms. The van der Waals surface area contributed by atoms with E-state index in [2.05, 4.69) is 35.1 Å². The summed E-state index contributed by atoms with van der Waals surface area (Å²) in [5.41, 5.74) is 1.93. The monoisotopic (exact) mass is 556 g/mol. The fourth-order valence-corrected chi connectivity index (χ4v) is 3.92. The van der Waals surface area contributed by atoms with Crippen LogP contribution in [0.2, 0.25) is 10.0 Å². The normalized spacial score (nSPS) is 12.1. The molecule has 0 fully saturated rings. The van der Waals surface area contributed by atoms with Crippen molar-refractivity contribution in [1.29, 1.82) is 0 Å². The first-order valence-corrected chi connectivity index (χ1v) is 12.5. The van der Waals surface area contributed by atoms with E-state index in [1.54, 1.807) is 25.1 Å². The van der Waals surface area contributed by atoms with Crippen LogP contribution in [0.3, 0.4) is 0 Å². The summed E-state index contributed by atoms with van der Waals surface area (Å²) in [6.07, 6.45) is 0. The molecule has 1 N–H and O–H groups in total. The summed E-state index contributed by atoms with van der Waals surface area (Å²) in [6, 6.07) is 10.3. The van der Waals surface area contributed by atoms with Gasteiger partial charge in [-0.05, 0) is 70.1 Å². The standard InChI is InChI=1S/C25H31BrCl2N2O3/c1-15(2)12-29-25(32)17(5)30(13-18-6-8-21(27)22(28)10-18)24(31)14-33-23-9-7-19(16(3)4)11-20(23)26/h6-11,15-17H,12-14H2,1-5H3,(H,29,32)/t17-/m1/s1. The van der Waals surface area contributed by atoms with Crippen LogP contribution in [0.25, 0.3) is 0 Å². The maximum atomic E-state index is 13.2. The van der Waals surface area contributed by atoms with Gasteiger partial charge in [-0.2, -0.15) is 0 Å². The van der Waals surface area contributed by atoms with E-state index >= 15 is 0 Å². The lowest BCUT2D eigenvalue weighted by molar-refractivity contribution is -0.142. The molecule has 2 aromatic carbocycles. The Labute approximate surface area is 214 Å². The zero-order valence-corrected chi connectivity index (χ0v) is 22.7. The first kappa shape index (κ1) is 27.5. The van der Waals surface area contributed by atoms with E-state index < -0.39 is 6.04 Å². The number of rotatable bonds is 10. The van der Waals surface area contributed by atoms with Crippen molar-refractivity contribution < 1.29 is 14.3 Å². The maximum absolute atomic E-state index is 13.2. The van der Waals surface area contributed by atoms with E-state index in [0.29, 0.717) is 34.2 Å². The highest BCUT2D eigenvalue weighted by atomic mass is 79.9. The van der Waals surface area contributed by atoms with Gasteiger partial charge in [0.15, 0.2) is 6.61 Å². The van der Waals surface area contributed by atoms with Gasteiger partial charge >= 0.3 is 0 Å². The molecule has 0 saturated carbocycles. The second-order valence-corrected chi connectivity index (χ2v) is 10.4. The molecule has 180 valence electrons. The Bertz CT molecular complexity index is 982. The van der Waals surface area contributed by atoms with Crippen LogP contribution in [0.5, 0.6) is 5.75 Å². The zero-order chi connectivity index (χ0) is 24.7. The molecule has 2 rings (SSSR count).